The number of hydrogen-bond donors (Lipinski definition) is 0. The highest BCUT2D eigenvalue weighted by Gasteiger charge is 2.33. The standard InChI is InChI=1S/C30H29N5O3S2/c1-20-24(17-26-29(37)35(30(39)40-26)19-21-9-11-23(38-3)12-10-21)27(32(2)28(36)25(20)18-31)34-15-13-33(14-16-34)22-7-5-4-6-8-22/h4-12,17H,13-16,19H2,1-3H3/b26-17-. The van der Waals surface area contributed by atoms with Crippen LogP contribution in [0.5, 0.6) is 5.75 Å². The summed E-state index contributed by atoms with van der Waals surface area (Å²) < 4.78 is 7.23. The van der Waals surface area contributed by atoms with Crippen LogP contribution in [0, 0.1) is 18.3 Å². The number of piperazine rings is 1. The van der Waals surface area contributed by atoms with Crippen LogP contribution in [0.4, 0.5) is 11.5 Å². The summed E-state index contributed by atoms with van der Waals surface area (Å²) in [6.07, 6.45) is 1.79. The molecule has 3 aromatic rings. The molecule has 10 heteroatoms. The molecule has 0 aliphatic carbocycles. The van der Waals surface area contributed by atoms with E-state index in [2.05, 4.69) is 28.0 Å². The number of thiocarbonyl (C=S) groups is 1. The highest BCUT2D eigenvalue weighted by atomic mass is 32.2. The van der Waals surface area contributed by atoms with Crippen LogP contribution >= 0.6 is 24.0 Å². The number of thioether (sulfide) groups is 1. The first-order valence-corrected chi connectivity index (χ1v) is 14.1. The number of methoxy groups -OCH3 is 1. The fourth-order valence-electron chi connectivity index (χ4n) is 5.09. The number of nitrogens with zero attached hydrogens (tertiary/aromatic N) is 5. The molecular weight excluding hydrogens is 542 g/mol. The Balaban J connectivity index is 1.47. The number of anilines is 2. The number of amides is 1. The number of rotatable bonds is 6. The minimum absolute atomic E-state index is 0.0779. The Hall–Kier alpha value is -4.07. The van der Waals surface area contributed by atoms with Crippen LogP contribution in [0.1, 0.15) is 22.3 Å². The van der Waals surface area contributed by atoms with Crippen molar-refractivity contribution in [1.82, 2.24) is 9.47 Å². The normalized spacial score (nSPS) is 16.6. The first-order chi connectivity index (χ1) is 19.3. The maximum absolute atomic E-state index is 13.5. The number of ether oxygens (including phenoxy) is 1. The zero-order valence-electron chi connectivity index (χ0n) is 22.6. The van der Waals surface area contributed by atoms with Gasteiger partial charge < -0.3 is 14.5 Å². The van der Waals surface area contributed by atoms with Gasteiger partial charge in [-0.3, -0.25) is 19.1 Å². The van der Waals surface area contributed by atoms with Crippen molar-refractivity contribution in [3.63, 3.8) is 0 Å². The molecule has 1 aromatic heterocycles. The van der Waals surface area contributed by atoms with E-state index in [1.807, 2.05) is 42.5 Å². The van der Waals surface area contributed by atoms with Gasteiger partial charge in [0.2, 0.25) is 0 Å². The van der Waals surface area contributed by atoms with Crippen LogP contribution in [0.2, 0.25) is 0 Å². The summed E-state index contributed by atoms with van der Waals surface area (Å²) >= 11 is 6.82. The van der Waals surface area contributed by atoms with E-state index in [-0.39, 0.29) is 17.0 Å². The summed E-state index contributed by atoms with van der Waals surface area (Å²) in [4.78, 5) is 33.2. The molecule has 1 amide bonds. The monoisotopic (exact) mass is 571 g/mol. The molecule has 8 nitrogen and oxygen atoms in total. The van der Waals surface area contributed by atoms with Crippen LogP contribution in [-0.2, 0) is 18.4 Å². The van der Waals surface area contributed by atoms with Gasteiger partial charge in [0.05, 0.1) is 18.6 Å². The van der Waals surface area contributed by atoms with Gasteiger partial charge in [-0.1, -0.05) is 54.3 Å². The van der Waals surface area contributed by atoms with Gasteiger partial charge in [0.1, 0.15) is 27.5 Å². The predicted octanol–water partition coefficient (Wildman–Crippen LogP) is 4.30. The van der Waals surface area contributed by atoms with Gasteiger partial charge in [0.25, 0.3) is 11.5 Å². The lowest BCUT2D eigenvalue weighted by Crippen LogP contribution is -2.48. The summed E-state index contributed by atoms with van der Waals surface area (Å²) in [5.41, 5.74) is 3.08. The van der Waals surface area contributed by atoms with Crippen molar-refractivity contribution in [2.24, 2.45) is 7.05 Å². The van der Waals surface area contributed by atoms with Crippen molar-refractivity contribution in [2.75, 3.05) is 43.1 Å². The molecule has 2 aromatic carbocycles. The highest BCUT2D eigenvalue weighted by Crippen LogP contribution is 2.37. The molecule has 0 atom stereocenters. The second-order valence-electron chi connectivity index (χ2n) is 9.64. The summed E-state index contributed by atoms with van der Waals surface area (Å²) in [7, 11) is 3.30. The molecule has 0 radical (unpaired) electrons. The largest absolute Gasteiger partial charge is 0.497 e. The third-order valence-electron chi connectivity index (χ3n) is 7.32. The molecule has 2 saturated heterocycles. The van der Waals surface area contributed by atoms with Crippen molar-refractivity contribution < 1.29 is 9.53 Å². The fourth-order valence-corrected chi connectivity index (χ4v) is 6.33. The van der Waals surface area contributed by atoms with E-state index >= 15 is 0 Å². The van der Waals surface area contributed by atoms with Gasteiger partial charge in [-0.2, -0.15) is 5.26 Å². The van der Waals surface area contributed by atoms with Gasteiger partial charge in [0, 0.05) is 44.5 Å². The first-order valence-electron chi connectivity index (χ1n) is 12.9. The lowest BCUT2D eigenvalue weighted by Gasteiger charge is -2.38. The number of carbonyl (C=O) groups is 1. The molecule has 2 fully saturated rings. The molecule has 0 bridgehead atoms. The van der Waals surface area contributed by atoms with Crippen LogP contribution in [-0.4, -0.2) is 53.0 Å². The third kappa shape index (κ3) is 5.22. The molecule has 2 aliphatic rings. The van der Waals surface area contributed by atoms with E-state index in [9.17, 15) is 14.9 Å². The maximum Gasteiger partial charge on any atom is 0.270 e. The number of aromatic nitrogens is 1. The summed E-state index contributed by atoms with van der Waals surface area (Å²) in [6.45, 7) is 5.05. The van der Waals surface area contributed by atoms with Gasteiger partial charge in [-0.05, 0) is 48.4 Å². The molecule has 0 spiro atoms. The number of pyridine rings is 1. The highest BCUT2D eigenvalue weighted by molar-refractivity contribution is 8.26. The van der Waals surface area contributed by atoms with E-state index in [1.54, 1.807) is 32.1 Å². The minimum Gasteiger partial charge on any atom is -0.497 e. The van der Waals surface area contributed by atoms with E-state index in [0.717, 1.165) is 30.1 Å². The Morgan fingerprint density at radius 3 is 2.30 bits per heavy atom. The Bertz CT molecular complexity index is 1580. The van der Waals surface area contributed by atoms with Crippen molar-refractivity contribution in [3.05, 3.63) is 92.1 Å². The quantitative estimate of drug-likeness (QED) is 0.320. The molecule has 0 N–H and O–H groups in total. The molecule has 0 unspecified atom stereocenters. The number of para-hydroxylation sites is 1. The second-order valence-corrected chi connectivity index (χ2v) is 11.3. The van der Waals surface area contributed by atoms with Crippen molar-refractivity contribution >= 4 is 51.8 Å². The van der Waals surface area contributed by atoms with E-state index in [1.165, 1.54) is 16.3 Å². The van der Waals surface area contributed by atoms with E-state index in [0.29, 0.717) is 45.8 Å². The van der Waals surface area contributed by atoms with Crippen molar-refractivity contribution in [2.45, 2.75) is 13.5 Å². The molecule has 204 valence electrons. The average Bonchev–Trinajstić information content (AvgIpc) is 3.24. The molecule has 5 rings (SSSR count). The Kier molecular flexibility index (Phi) is 7.96. The summed E-state index contributed by atoms with van der Waals surface area (Å²) in [5, 5.41) is 9.79. The third-order valence-corrected chi connectivity index (χ3v) is 8.70. The number of carbonyl (C=O) groups excluding carboxylic acids is 1. The lowest BCUT2D eigenvalue weighted by atomic mass is 10.0. The Morgan fingerprint density at radius 1 is 1.02 bits per heavy atom. The van der Waals surface area contributed by atoms with Gasteiger partial charge in [-0.15, -0.1) is 0 Å². The SMILES string of the molecule is COc1ccc(CN2C(=O)/C(=C/c3c(C)c(C#N)c(=O)n(C)c3N3CCN(c4ccccc4)CC3)SC2=S)cc1. The number of hydrogen-bond acceptors (Lipinski definition) is 8. The van der Waals surface area contributed by atoms with Gasteiger partial charge in [0.15, 0.2) is 0 Å². The van der Waals surface area contributed by atoms with Crippen LogP contribution in [0.3, 0.4) is 0 Å². The zero-order chi connectivity index (χ0) is 28.4. The molecule has 0 saturated carbocycles. The molecular formula is C30H29N5O3S2. The molecule has 40 heavy (non-hydrogen) atoms. The first kappa shape index (κ1) is 27.5. The molecule has 3 heterocycles. The van der Waals surface area contributed by atoms with Crippen molar-refractivity contribution in [1.29, 1.82) is 5.26 Å². The van der Waals surface area contributed by atoms with Crippen molar-refractivity contribution in [3.8, 4) is 11.8 Å². The lowest BCUT2D eigenvalue weighted by molar-refractivity contribution is -0.122. The fraction of sp³-hybridized carbons (Fsp3) is 0.267. The Morgan fingerprint density at radius 2 is 1.68 bits per heavy atom. The zero-order valence-corrected chi connectivity index (χ0v) is 24.2. The number of benzene rings is 2. The number of nitriles is 1. The van der Waals surface area contributed by atoms with Gasteiger partial charge in [-0.25, -0.2) is 0 Å². The van der Waals surface area contributed by atoms with Crippen LogP contribution in [0.25, 0.3) is 6.08 Å². The molecule has 2 aliphatic heterocycles. The smallest absolute Gasteiger partial charge is 0.270 e. The van der Waals surface area contributed by atoms with Gasteiger partial charge >= 0.3 is 0 Å². The topological polar surface area (TPSA) is 81.8 Å². The van der Waals surface area contributed by atoms with Crippen LogP contribution < -0.4 is 20.1 Å². The predicted molar refractivity (Wildman–Crippen MR) is 164 cm³/mol. The minimum atomic E-state index is -0.343. The summed E-state index contributed by atoms with van der Waals surface area (Å²) in [5.74, 6) is 1.25. The second kappa shape index (κ2) is 11.6. The van der Waals surface area contributed by atoms with Crippen LogP contribution in [0.15, 0.2) is 64.3 Å². The summed E-state index contributed by atoms with van der Waals surface area (Å²) in [6, 6.07) is 19.8. The van der Waals surface area contributed by atoms with E-state index < -0.39 is 0 Å². The maximum atomic E-state index is 13.5. The van der Waals surface area contributed by atoms with E-state index in [4.69, 9.17) is 17.0 Å². The Labute approximate surface area is 243 Å². The average molecular weight is 572 g/mol.